The Morgan fingerprint density at radius 2 is 1.62 bits per heavy atom. The van der Waals surface area contributed by atoms with Crippen molar-refractivity contribution in [3.05, 3.63) is 29.8 Å². The molecule has 0 aliphatic heterocycles. The average Bonchev–Trinajstić information content (AvgIpc) is 2.34. The summed E-state index contributed by atoms with van der Waals surface area (Å²) in [5.74, 6) is 1.13. The molecular formula is C14H23NS. The van der Waals surface area contributed by atoms with E-state index in [1.165, 1.54) is 10.5 Å². The van der Waals surface area contributed by atoms with Gasteiger partial charge in [0.2, 0.25) is 0 Å². The number of benzene rings is 1. The highest BCUT2D eigenvalue weighted by atomic mass is 32.2. The smallest absolute Gasteiger partial charge is 0.00720 e. The van der Waals surface area contributed by atoms with E-state index in [0.717, 1.165) is 25.1 Å². The molecule has 1 aromatic rings. The molecule has 16 heavy (non-hydrogen) atoms. The summed E-state index contributed by atoms with van der Waals surface area (Å²) in [6.45, 7) is 7.37. The van der Waals surface area contributed by atoms with Gasteiger partial charge in [-0.2, -0.15) is 0 Å². The number of thioether (sulfide) groups is 1. The molecule has 0 atom stereocenters. The monoisotopic (exact) mass is 237 g/mol. The van der Waals surface area contributed by atoms with Crippen molar-refractivity contribution >= 4 is 11.8 Å². The highest BCUT2D eigenvalue weighted by Gasteiger charge is 2.26. The third-order valence-corrected chi connectivity index (χ3v) is 4.42. The van der Waals surface area contributed by atoms with E-state index in [1.807, 2.05) is 11.8 Å². The van der Waals surface area contributed by atoms with Gasteiger partial charge in [0.05, 0.1) is 0 Å². The summed E-state index contributed by atoms with van der Waals surface area (Å²) in [6, 6.07) is 8.94. The fourth-order valence-corrected chi connectivity index (χ4v) is 2.80. The van der Waals surface area contributed by atoms with E-state index < -0.39 is 0 Å². The Hall–Kier alpha value is -0.470. The molecule has 0 amide bonds. The van der Waals surface area contributed by atoms with Gasteiger partial charge in [0.25, 0.3) is 0 Å². The van der Waals surface area contributed by atoms with Crippen molar-refractivity contribution < 1.29 is 0 Å². The summed E-state index contributed by atoms with van der Waals surface area (Å²) < 4.78 is 0. The van der Waals surface area contributed by atoms with Crippen molar-refractivity contribution in [2.24, 2.45) is 5.73 Å². The summed E-state index contributed by atoms with van der Waals surface area (Å²) in [5, 5.41) is 0. The van der Waals surface area contributed by atoms with E-state index in [0.29, 0.717) is 0 Å². The Morgan fingerprint density at radius 1 is 1.06 bits per heavy atom. The van der Waals surface area contributed by atoms with Crippen LogP contribution in [0.4, 0.5) is 0 Å². The van der Waals surface area contributed by atoms with Crippen LogP contribution in [0.5, 0.6) is 0 Å². The van der Waals surface area contributed by atoms with Crippen LogP contribution in [-0.2, 0) is 5.41 Å². The topological polar surface area (TPSA) is 26.0 Å². The van der Waals surface area contributed by atoms with Crippen molar-refractivity contribution in [1.82, 2.24) is 0 Å². The Balaban J connectivity index is 2.94. The largest absolute Gasteiger partial charge is 0.330 e. The molecule has 1 rings (SSSR count). The summed E-state index contributed by atoms with van der Waals surface area (Å²) in [7, 11) is 0. The van der Waals surface area contributed by atoms with Crippen LogP contribution in [0.15, 0.2) is 29.2 Å². The standard InChI is InChI=1S/C14H23NS/c1-4-14(5-2,11-15)12-7-9-13(10-8-12)16-6-3/h7-10H,4-6,11,15H2,1-3H3. The minimum Gasteiger partial charge on any atom is -0.330 e. The lowest BCUT2D eigenvalue weighted by Crippen LogP contribution is -2.33. The van der Waals surface area contributed by atoms with E-state index in [2.05, 4.69) is 45.0 Å². The van der Waals surface area contributed by atoms with Crippen LogP contribution in [-0.4, -0.2) is 12.3 Å². The van der Waals surface area contributed by atoms with Crippen LogP contribution < -0.4 is 5.73 Å². The van der Waals surface area contributed by atoms with Gasteiger partial charge in [0.15, 0.2) is 0 Å². The lowest BCUT2D eigenvalue weighted by molar-refractivity contribution is 0.406. The SMILES string of the molecule is CCSc1ccc(C(CC)(CC)CN)cc1. The Bertz CT molecular complexity index is 293. The number of hydrogen-bond acceptors (Lipinski definition) is 2. The lowest BCUT2D eigenvalue weighted by Gasteiger charge is -2.30. The zero-order chi connectivity index (χ0) is 12.0. The van der Waals surface area contributed by atoms with E-state index in [1.54, 1.807) is 0 Å². The second-order valence-corrected chi connectivity index (χ2v) is 5.49. The zero-order valence-corrected chi connectivity index (χ0v) is 11.4. The molecule has 0 bridgehead atoms. The van der Waals surface area contributed by atoms with Gasteiger partial charge < -0.3 is 5.73 Å². The first kappa shape index (κ1) is 13.6. The quantitative estimate of drug-likeness (QED) is 0.761. The predicted octanol–water partition coefficient (Wildman–Crippen LogP) is 3.82. The van der Waals surface area contributed by atoms with Crippen LogP contribution >= 0.6 is 11.8 Å². The van der Waals surface area contributed by atoms with E-state index in [-0.39, 0.29) is 5.41 Å². The second kappa shape index (κ2) is 6.31. The van der Waals surface area contributed by atoms with E-state index in [9.17, 15) is 0 Å². The van der Waals surface area contributed by atoms with Gasteiger partial charge in [-0.1, -0.05) is 32.9 Å². The minimum absolute atomic E-state index is 0.176. The molecule has 0 aliphatic carbocycles. The summed E-state index contributed by atoms with van der Waals surface area (Å²) in [4.78, 5) is 1.35. The Kier molecular flexibility index (Phi) is 5.36. The molecule has 90 valence electrons. The zero-order valence-electron chi connectivity index (χ0n) is 10.6. The first-order chi connectivity index (χ1) is 7.72. The molecule has 2 heteroatoms. The summed E-state index contributed by atoms with van der Waals surface area (Å²) >= 11 is 1.89. The van der Waals surface area contributed by atoms with Crippen molar-refractivity contribution in [1.29, 1.82) is 0 Å². The van der Waals surface area contributed by atoms with Crippen molar-refractivity contribution in [2.75, 3.05) is 12.3 Å². The van der Waals surface area contributed by atoms with Crippen LogP contribution in [0.1, 0.15) is 39.2 Å². The molecule has 1 aromatic carbocycles. The number of nitrogens with two attached hydrogens (primary N) is 1. The molecule has 0 aromatic heterocycles. The van der Waals surface area contributed by atoms with Crippen LogP contribution in [0.2, 0.25) is 0 Å². The van der Waals surface area contributed by atoms with Crippen LogP contribution in [0, 0.1) is 0 Å². The normalized spacial score (nSPS) is 11.8. The summed E-state index contributed by atoms with van der Waals surface area (Å²) in [6.07, 6.45) is 2.22. The molecule has 0 fully saturated rings. The fourth-order valence-electron chi connectivity index (χ4n) is 2.14. The van der Waals surface area contributed by atoms with Crippen molar-refractivity contribution in [3.8, 4) is 0 Å². The molecule has 0 spiro atoms. The Labute approximate surface area is 104 Å². The van der Waals surface area contributed by atoms with E-state index >= 15 is 0 Å². The molecule has 2 N–H and O–H groups in total. The first-order valence-corrected chi connectivity index (χ1v) is 7.14. The minimum atomic E-state index is 0.176. The van der Waals surface area contributed by atoms with Gasteiger partial charge >= 0.3 is 0 Å². The molecule has 0 aliphatic rings. The highest BCUT2D eigenvalue weighted by Crippen LogP contribution is 2.31. The molecule has 0 saturated heterocycles. The van der Waals surface area contributed by atoms with Gasteiger partial charge in [-0.15, -0.1) is 11.8 Å². The van der Waals surface area contributed by atoms with Gasteiger partial charge in [-0.25, -0.2) is 0 Å². The number of rotatable bonds is 6. The van der Waals surface area contributed by atoms with Crippen molar-refractivity contribution in [2.45, 2.75) is 43.9 Å². The summed E-state index contributed by atoms with van der Waals surface area (Å²) in [5.41, 5.74) is 7.52. The van der Waals surface area contributed by atoms with Gasteiger partial charge in [-0.3, -0.25) is 0 Å². The predicted molar refractivity (Wildman–Crippen MR) is 74.2 cm³/mol. The maximum atomic E-state index is 5.95. The molecule has 0 unspecified atom stereocenters. The van der Waals surface area contributed by atoms with Gasteiger partial charge in [-0.05, 0) is 36.3 Å². The Morgan fingerprint density at radius 3 is 2.00 bits per heavy atom. The highest BCUT2D eigenvalue weighted by molar-refractivity contribution is 7.99. The van der Waals surface area contributed by atoms with Crippen LogP contribution in [0.3, 0.4) is 0 Å². The first-order valence-electron chi connectivity index (χ1n) is 6.15. The molecule has 0 saturated carbocycles. The van der Waals surface area contributed by atoms with Crippen LogP contribution in [0.25, 0.3) is 0 Å². The average molecular weight is 237 g/mol. The third-order valence-electron chi connectivity index (χ3n) is 3.52. The van der Waals surface area contributed by atoms with E-state index in [4.69, 9.17) is 5.73 Å². The number of hydrogen-bond donors (Lipinski definition) is 1. The molecule has 1 nitrogen and oxygen atoms in total. The maximum Gasteiger partial charge on any atom is 0.00720 e. The fraction of sp³-hybridized carbons (Fsp3) is 0.571. The second-order valence-electron chi connectivity index (χ2n) is 4.15. The molecule has 0 radical (unpaired) electrons. The van der Waals surface area contributed by atoms with Gasteiger partial charge in [0.1, 0.15) is 0 Å². The molecular weight excluding hydrogens is 214 g/mol. The van der Waals surface area contributed by atoms with Gasteiger partial charge in [0, 0.05) is 16.9 Å². The molecule has 0 heterocycles. The third kappa shape index (κ3) is 2.80. The lowest BCUT2D eigenvalue weighted by atomic mass is 9.76. The van der Waals surface area contributed by atoms with Crippen molar-refractivity contribution in [3.63, 3.8) is 0 Å². The maximum absolute atomic E-state index is 5.95.